The monoisotopic (exact) mass is 360 g/mol. The Morgan fingerprint density at radius 1 is 1.19 bits per heavy atom. The van der Waals surface area contributed by atoms with Crippen LogP contribution < -0.4 is 10.2 Å². The Bertz CT molecular complexity index is 573. The molecule has 0 aliphatic carbocycles. The molecule has 0 bridgehead atoms. The number of nitrogens with zero attached hydrogens (tertiary/aromatic N) is 5. The van der Waals surface area contributed by atoms with Crippen LogP contribution in [0.5, 0.6) is 0 Å². The largest absolute Gasteiger partial charge is 0.355 e. The molecule has 3 rings (SSSR count). The van der Waals surface area contributed by atoms with E-state index in [2.05, 4.69) is 51.4 Å². The summed E-state index contributed by atoms with van der Waals surface area (Å²) < 4.78 is 0. The van der Waals surface area contributed by atoms with E-state index >= 15 is 0 Å². The lowest BCUT2D eigenvalue weighted by atomic mass is 9.98. The van der Waals surface area contributed by atoms with Crippen molar-refractivity contribution < 1.29 is 4.79 Å². The molecule has 0 radical (unpaired) electrons. The van der Waals surface area contributed by atoms with Crippen LogP contribution in [0, 0.1) is 5.92 Å². The van der Waals surface area contributed by atoms with E-state index in [1.165, 1.54) is 0 Å². The van der Waals surface area contributed by atoms with Crippen molar-refractivity contribution in [1.82, 2.24) is 25.3 Å². The molecule has 0 spiro atoms. The minimum Gasteiger partial charge on any atom is -0.355 e. The van der Waals surface area contributed by atoms with Gasteiger partial charge in [-0.25, -0.2) is 0 Å². The van der Waals surface area contributed by atoms with E-state index in [9.17, 15) is 4.79 Å². The SMILES string of the molecule is CN1C[C@H](C(=O)NC2CCN(c3cccnn3)CC2)CC[C@H](N(C)C)C1. The number of carbonyl (C=O) groups excluding carboxylic acids is 1. The van der Waals surface area contributed by atoms with E-state index in [1.807, 2.05) is 12.1 Å². The second-order valence-corrected chi connectivity index (χ2v) is 7.96. The highest BCUT2D eigenvalue weighted by Crippen LogP contribution is 2.21. The Labute approximate surface area is 156 Å². The molecule has 3 heterocycles. The summed E-state index contributed by atoms with van der Waals surface area (Å²) in [6.07, 6.45) is 5.68. The minimum absolute atomic E-state index is 0.1000. The number of rotatable bonds is 4. The average molecular weight is 361 g/mol. The van der Waals surface area contributed by atoms with Gasteiger partial charge in [0, 0.05) is 44.5 Å². The van der Waals surface area contributed by atoms with Crippen LogP contribution in [0.2, 0.25) is 0 Å². The van der Waals surface area contributed by atoms with Crippen LogP contribution in [0.15, 0.2) is 18.3 Å². The molecule has 1 amide bonds. The second-order valence-electron chi connectivity index (χ2n) is 7.96. The average Bonchev–Trinajstić information content (AvgIpc) is 2.85. The van der Waals surface area contributed by atoms with Gasteiger partial charge in [-0.15, -0.1) is 5.10 Å². The molecule has 2 fully saturated rings. The molecule has 2 saturated heterocycles. The van der Waals surface area contributed by atoms with E-state index in [0.717, 1.165) is 57.7 Å². The summed E-state index contributed by atoms with van der Waals surface area (Å²) >= 11 is 0. The van der Waals surface area contributed by atoms with Crippen LogP contribution in [0.1, 0.15) is 25.7 Å². The molecule has 0 unspecified atom stereocenters. The Morgan fingerprint density at radius 3 is 2.62 bits per heavy atom. The van der Waals surface area contributed by atoms with Gasteiger partial charge in [0.2, 0.25) is 5.91 Å². The summed E-state index contributed by atoms with van der Waals surface area (Å²) in [5.74, 6) is 1.26. The summed E-state index contributed by atoms with van der Waals surface area (Å²) in [6, 6.07) is 4.72. The first-order valence-electron chi connectivity index (χ1n) is 9.71. The predicted octanol–water partition coefficient (Wildman–Crippen LogP) is 0.834. The highest BCUT2D eigenvalue weighted by atomic mass is 16.2. The van der Waals surface area contributed by atoms with Gasteiger partial charge in [0.05, 0.1) is 5.92 Å². The maximum Gasteiger partial charge on any atom is 0.224 e. The zero-order valence-electron chi connectivity index (χ0n) is 16.3. The van der Waals surface area contributed by atoms with E-state index < -0.39 is 0 Å². The molecule has 7 heteroatoms. The molecule has 0 aromatic carbocycles. The standard InChI is InChI=1S/C19H32N6O/c1-23(2)17-7-6-15(13-24(3)14-17)19(26)21-16-8-11-25(12-9-16)18-5-4-10-20-22-18/h4-5,10,15-17H,6-9,11-14H2,1-3H3,(H,21,26)/t15-,17+/m1/s1. The van der Waals surface area contributed by atoms with E-state index in [4.69, 9.17) is 0 Å². The lowest BCUT2D eigenvalue weighted by Crippen LogP contribution is -2.47. The summed E-state index contributed by atoms with van der Waals surface area (Å²) in [7, 11) is 6.38. The number of nitrogens with one attached hydrogen (secondary N) is 1. The number of aromatic nitrogens is 2. The molecule has 144 valence electrons. The quantitative estimate of drug-likeness (QED) is 0.858. The van der Waals surface area contributed by atoms with Gasteiger partial charge in [-0.3, -0.25) is 4.79 Å². The van der Waals surface area contributed by atoms with Crippen molar-refractivity contribution in [2.24, 2.45) is 5.92 Å². The van der Waals surface area contributed by atoms with Gasteiger partial charge in [0.15, 0.2) is 5.82 Å². The summed E-state index contributed by atoms with van der Waals surface area (Å²) in [6.45, 7) is 3.72. The van der Waals surface area contributed by atoms with Gasteiger partial charge in [-0.05, 0) is 59.0 Å². The molecule has 1 aromatic rings. The topological polar surface area (TPSA) is 64.6 Å². The number of hydrogen-bond acceptors (Lipinski definition) is 6. The molecule has 1 aromatic heterocycles. The lowest BCUT2D eigenvalue weighted by molar-refractivity contribution is -0.126. The van der Waals surface area contributed by atoms with Crippen LogP contribution in [-0.4, -0.2) is 85.3 Å². The normalized spacial score (nSPS) is 25.9. The number of piperidine rings is 1. The molecule has 1 N–H and O–H groups in total. The first-order valence-corrected chi connectivity index (χ1v) is 9.71. The highest BCUT2D eigenvalue weighted by molar-refractivity contribution is 5.79. The second kappa shape index (κ2) is 8.77. The van der Waals surface area contributed by atoms with Crippen molar-refractivity contribution in [3.63, 3.8) is 0 Å². The van der Waals surface area contributed by atoms with Gasteiger partial charge >= 0.3 is 0 Å². The van der Waals surface area contributed by atoms with Crippen molar-refractivity contribution >= 4 is 11.7 Å². The predicted molar refractivity (Wildman–Crippen MR) is 103 cm³/mol. The molecule has 26 heavy (non-hydrogen) atoms. The van der Waals surface area contributed by atoms with Crippen molar-refractivity contribution in [2.45, 2.75) is 37.8 Å². The first-order chi connectivity index (χ1) is 12.5. The van der Waals surface area contributed by atoms with Crippen molar-refractivity contribution in [3.8, 4) is 0 Å². The number of amides is 1. The molecule has 2 atom stereocenters. The van der Waals surface area contributed by atoms with Gasteiger partial charge in [-0.1, -0.05) is 0 Å². The van der Waals surface area contributed by atoms with Gasteiger partial charge < -0.3 is 20.0 Å². The molecule has 7 nitrogen and oxygen atoms in total. The van der Waals surface area contributed by atoms with Gasteiger partial charge in [-0.2, -0.15) is 5.10 Å². The summed E-state index contributed by atoms with van der Waals surface area (Å²) in [4.78, 5) is 19.6. The summed E-state index contributed by atoms with van der Waals surface area (Å²) in [5.41, 5.74) is 0. The van der Waals surface area contributed by atoms with E-state index in [-0.39, 0.29) is 17.9 Å². The third-order valence-electron chi connectivity index (χ3n) is 5.73. The lowest BCUT2D eigenvalue weighted by Gasteiger charge is -2.33. The maximum absolute atomic E-state index is 12.8. The Kier molecular flexibility index (Phi) is 6.43. The zero-order valence-corrected chi connectivity index (χ0v) is 16.3. The van der Waals surface area contributed by atoms with Gasteiger partial charge in [0.25, 0.3) is 0 Å². The third kappa shape index (κ3) is 4.92. The number of carbonyl (C=O) groups is 1. The number of likely N-dealkylation sites (tertiary alicyclic amines) is 1. The Hall–Kier alpha value is -1.73. The fourth-order valence-corrected chi connectivity index (χ4v) is 4.06. The molecular formula is C19H32N6O. The number of hydrogen-bond donors (Lipinski definition) is 1. The van der Waals surface area contributed by atoms with Crippen LogP contribution in [0.25, 0.3) is 0 Å². The zero-order chi connectivity index (χ0) is 18.5. The van der Waals surface area contributed by atoms with Crippen LogP contribution in [-0.2, 0) is 4.79 Å². The maximum atomic E-state index is 12.8. The molecule has 0 saturated carbocycles. The molecule has 2 aliphatic heterocycles. The fraction of sp³-hybridized carbons (Fsp3) is 0.737. The Balaban J connectivity index is 1.48. The van der Waals surface area contributed by atoms with Crippen molar-refractivity contribution in [3.05, 3.63) is 18.3 Å². The van der Waals surface area contributed by atoms with Crippen LogP contribution in [0.4, 0.5) is 5.82 Å². The number of likely N-dealkylation sites (N-methyl/N-ethyl adjacent to an activating group) is 2. The van der Waals surface area contributed by atoms with Gasteiger partial charge in [0.1, 0.15) is 0 Å². The third-order valence-corrected chi connectivity index (χ3v) is 5.73. The van der Waals surface area contributed by atoms with Crippen LogP contribution in [0.3, 0.4) is 0 Å². The first kappa shape index (κ1) is 19.0. The van der Waals surface area contributed by atoms with E-state index in [0.29, 0.717) is 6.04 Å². The summed E-state index contributed by atoms with van der Waals surface area (Å²) in [5, 5.41) is 11.4. The highest BCUT2D eigenvalue weighted by Gasteiger charge is 2.29. The number of anilines is 1. The smallest absolute Gasteiger partial charge is 0.224 e. The van der Waals surface area contributed by atoms with Crippen molar-refractivity contribution in [2.75, 3.05) is 52.2 Å². The van der Waals surface area contributed by atoms with Crippen LogP contribution >= 0.6 is 0 Å². The van der Waals surface area contributed by atoms with E-state index in [1.54, 1.807) is 6.20 Å². The molecule has 2 aliphatic rings. The Morgan fingerprint density at radius 2 is 1.96 bits per heavy atom. The minimum atomic E-state index is 0.1000. The molecular weight excluding hydrogens is 328 g/mol. The fourth-order valence-electron chi connectivity index (χ4n) is 4.06. The van der Waals surface area contributed by atoms with Crippen molar-refractivity contribution in [1.29, 1.82) is 0 Å².